The Balaban J connectivity index is 2.15. The summed E-state index contributed by atoms with van der Waals surface area (Å²) in [6.45, 7) is 20.1. The van der Waals surface area contributed by atoms with E-state index >= 15 is 0 Å². The zero-order chi connectivity index (χ0) is 23.0. The second kappa shape index (κ2) is 8.97. The van der Waals surface area contributed by atoms with Crippen molar-refractivity contribution in [2.45, 2.75) is 129 Å². The highest BCUT2D eigenvalue weighted by molar-refractivity contribution is 5.82. The van der Waals surface area contributed by atoms with Crippen molar-refractivity contribution in [1.82, 2.24) is 9.96 Å². The largest absolute Gasteiger partial charge is 0.363 e. The van der Waals surface area contributed by atoms with Crippen LogP contribution in [0.25, 0.3) is 0 Å². The molecule has 2 heterocycles. The molecule has 2 aliphatic rings. The molecule has 0 N–H and O–H groups in total. The Morgan fingerprint density at radius 2 is 1.20 bits per heavy atom. The number of Topliss-reactive ketones (excluding diaryl/α,β-unsaturated/α-hetero) is 2. The van der Waals surface area contributed by atoms with Gasteiger partial charge in [-0.25, -0.2) is 0 Å². The zero-order valence-electron chi connectivity index (χ0n) is 20.8. The number of piperidine rings is 2. The Morgan fingerprint density at radius 1 is 0.767 bits per heavy atom. The van der Waals surface area contributed by atoms with Gasteiger partial charge in [0.1, 0.15) is 17.8 Å². The lowest BCUT2D eigenvalue weighted by Gasteiger charge is -2.55. The van der Waals surface area contributed by atoms with Crippen LogP contribution >= 0.6 is 0 Å². The van der Waals surface area contributed by atoms with Gasteiger partial charge in [0.2, 0.25) is 0 Å². The average molecular weight is 425 g/mol. The highest BCUT2D eigenvalue weighted by Crippen LogP contribution is 2.40. The summed E-state index contributed by atoms with van der Waals surface area (Å²) in [5, 5.41) is 2.02. The van der Waals surface area contributed by atoms with Crippen molar-refractivity contribution in [2.24, 2.45) is 0 Å². The Bertz CT molecular complexity index is 599. The minimum absolute atomic E-state index is 0.124. The van der Waals surface area contributed by atoms with Gasteiger partial charge in [0, 0.05) is 60.9 Å². The van der Waals surface area contributed by atoms with E-state index in [-0.39, 0.29) is 34.2 Å². The van der Waals surface area contributed by atoms with Gasteiger partial charge in [-0.15, -0.1) is 0 Å². The molecule has 1 atom stereocenters. The van der Waals surface area contributed by atoms with Crippen molar-refractivity contribution in [3.05, 3.63) is 0 Å². The highest BCUT2D eigenvalue weighted by atomic mass is 16.7. The Morgan fingerprint density at radius 3 is 1.63 bits per heavy atom. The third kappa shape index (κ3) is 5.70. The Kier molecular flexibility index (Phi) is 7.61. The normalized spacial score (nSPS) is 27.2. The van der Waals surface area contributed by atoms with Crippen LogP contribution in [0.2, 0.25) is 0 Å². The van der Waals surface area contributed by atoms with Crippen LogP contribution in [0.3, 0.4) is 0 Å². The minimum atomic E-state index is -0.339. The van der Waals surface area contributed by atoms with Crippen LogP contribution in [0.5, 0.6) is 0 Å². The SMILES string of the molecule is CCCOC(CCON1C(C)(C)CC(=O)CC1(C)C)N1C(C)(C)CC(=O)CC1(C)C. The van der Waals surface area contributed by atoms with E-state index in [4.69, 9.17) is 9.57 Å². The number of ketones is 2. The summed E-state index contributed by atoms with van der Waals surface area (Å²) in [7, 11) is 0. The van der Waals surface area contributed by atoms with Crippen LogP contribution in [-0.2, 0) is 19.2 Å². The zero-order valence-corrected chi connectivity index (χ0v) is 20.8. The van der Waals surface area contributed by atoms with Crippen molar-refractivity contribution in [3.8, 4) is 0 Å². The molecular formula is C24H44N2O4. The molecule has 2 rings (SSSR count). The maximum absolute atomic E-state index is 12.3. The number of likely N-dealkylation sites (tertiary alicyclic amines) is 1. The predicted molar refractivity (Wildman–Crippen MR) is 119 cm³/mol. The molecule has 0 aromatic rings. The lowest BCUT2D eigenvalue weighted by Crippen LogP contribution is -2.65. The topological polar surface area (TPSA) is 59.1 Å². The van der Waals surface area contributed by atoms with Crippen LogP contribution in [-0.4, -0.2) is 63.1 Å². The molecule has 0 spiro atoms. The smallest absolute Gasteiger partial charge is 0.136 e. The highest BCUT2D eigenvalue weighted by Gasteiger charge is 2.49. The first-order valence-electron chi connectivity index (χ1n) is 11.5. The predicted octanol–water partition coefficient (Wildman–Crippen LogP) is 4.51. The third-order valence-corrected chi connectivity index (χ3v) is 6.31. The fourth-order valence-corrected chi connectivity index (χ4v) is 5.92. The number of rotatable bonds is 8. The summed E-state index contributed by atoms with van der Waals surface area (Å²) in [4.78, 5) is 33.2. The first-order chi connectivity index (χ1) is 13.6. The van der Waals surface area contributed by atoms with E-state index in [1.54, 1.807) is 0 Å². The number of hydroxylamine groups is 2. The number of nitrogens with zero attached hydrogens (tertiary/aromatic N) is 2. The molecule has 2 fully saturated rings. The maximum atomic E-state index is 12.3. The Labute approximate surface area is 183 Å². The first-order valence-corrected chi connectivity index (χ1v) is 11.5. The molecule has 0 aromatic heterocycles. The Hall–Kier alpha value is -0.820. The second-order valence-corrected chi connectivity index (χ2v) is 11.6. The van der Waals surface area contributed by atoms with Crippen LogP contribution in [0.15, 0.2) is 0 Å². The summed E-state index contributed by atoms with van der Waals surface area (Å²) in [6.07, 6.45) is 3.60. The summed E-state index contributed by atoms with van der Waals surface area (Å²) in [5.74, 6) is 0.601. The summed E-state index contributed by atoms with van der Waals surface area (Å²) in [6, 6.07) is 0. The molecule has 174 valence electrons. The van der Waals surface area contributed by atoms with E-state index in [2.05, 4.69) is 67.2 Å². The molecule has 2 saturated heterocycles. The number of hydrogen-bond donors (Lipinski definition) is 0. The van der Waals surface area contributed by atoms with Gasteiger partial charge in [0.25, 0.3) is 0 Å². The average Bonchev–Trinajstić information content (AvgIpc) is 2.50. The van der Waals surface area contributed by atoms with Gasteiger partial charge in [-0.05, 0) is 61.8 Å². The molecule has 30 heavy (non-hydrogen) atoms. The molecule has 0 saturated carbocycles. The number of carbonyl (C=O) groups excluding carboxylic acids is 2. The second-order valence-electron chi connectivity index (χ2n) is 11.6. The van der Waals surface area contributed by atoms with Crippen molar-refractivity contribution in [2.75, 3.05) is 13.2 Å². The van der Waals surface area contributed by atoms with E-state index < -0.39 is 0 Å². The molecular weight excluding hydrogens is 380 g/mol. The number of carbonyl (C=O) groups is 2. The molecule has 0 aromatic carbocycles. The van der Waals surface area contributed by atoms with Crippen molar-refractivity contribution in [3.63, 3.8) is 0 Å². The maximum Gasteiger partial charge on any atom is 0.136 e. The van der Waals surface area contributed by atoms with E-state index in [9.17, 15) is 9.59 Å². The summed E-state index contributed by atoms with van der Waals surface area (Å²) < 4.78 is 6.31. The number of ether oxygens (including phenoxy) is 1. The van der Waals surface area contributed by atoms with Crippen LogP contribution in [0, 0.1) is 0 Å². The molecule has 2 aliphatic heterocycles. The molecule has 0 amide bonds. The molecule has 1 unspecified atom stereocenters. The van der Waals surface area contributed by atoms with Crippen molar-refractivity contribution < 1.29 is 19.2 Å². The fourth-order valence-electron chi connectivity index (χ4n) is 5.92. The molecule has 6 heteroatoms. The lowest BCUT2D eigenvalue weighted by molar-refractivity contribution is -0.281. The third-order valence-electron chi connectivity index (χ3n) is 6.31. The van der Waals surface area contributed by atoms with E-state index in [0.29, 0.717) is 51.1 Å². The summed E-state index contributed by atoms with van der Waals surface area (Å²) >= 11 is 0. The van der Waals surface area contributed by atoms with Gasteiger partial charge in [-0.1, -0.05) is 6.92 Å². The molecule has 0 bridgehead atoms. The van der Waals surface area contributed by atoms with Gasteiger partial charge in [0.05, 0.1) is 6.61 Å². The van der Waals surface area contributed by atoms with Gasteiger partial charge in [0.15, 0.2) is 0 Å². The van der Waals surface area contributed by atoms with E-state index in [1.165, 1.54) is 0 Å². The van der Waals surface area contributed by atoms with E-state index in [1.807, 2.05) is 5.06 Å². The molecule has 0 aliphatic carbocycles. The monoisotopic (exact) mass is 424 g/mol. The van der Waals surface area contributed by atoms with Gasteiger partial charge in [-0.3, -0.25) is 19.3 Å². The van der Waals surface area contributed by atoms with Gasteiger partial charge >= 0.3 is 0 Å². The first kappa shape index (κ1) is 25.4. The van der Waals surface area contributed by atoms with Gasteiger partial charge in [-0.2, -0.15) is 5.06 Å². The quantitative estimate of drug-likeness (QED) is 0.572. The minimum Gasteiger partial charge on any atom is -0.363 e. The number of hydrogen-bond acceptors (Lipinski definition) is 6. The molecule has 0 radical (unpaired) electrons. The van der Waals surface area contributed by atoms with E-state index in [0.717, 1.165) is 6.42 Å². The van der Waals surface area contributed by atoms with Crippen LogP contribution in [0.1, 0.15) is 101 Å². The van der Waals surface area contributed by atoms with Crippen LogP contribution < -0.4 is 0 Å². The fraction of sp³-hybridized carbons (Fsp3) is 0.917. The van der Waals surface area contributed by atoms with Crippen LogP contribution in [0.4, 0.5) is 0 Å². The van der Waals surface area contributed by atoms with Crippen molar-refractivity contribution in [1.29, 1.82) is 0 Å². The molecule has 6 nitrogen and oxygen atoms in total. The standard InChI is InChI=1S/C24H44N2O4/c1-10-12-29-20(25-21(2,3)14-18(27)15-22(25,4)5)11-13-30-26-23(6,7)16-19(28)17-24(26,8)9/h20H,10-17H2,1-9H3. The lowest BCUT2D eigenvalue weighted by atomic mass is 9.78. The van der Waals surface area contributed by atoms with Gasteiger partial charge < -0.3 is 4.74 Å². The van der Waals surface area contributed by atoms with Crippen molar-refractivity contribution >= 4 is 11.6 Å². The summed E-state index contributed by atoms with van der Waals surface area (Å²) in [5.41, 5.74) is -1.22.